The van der Waals surface area contributed by atoms with E-state index >= 15 is 0 Å². The highest BCUT2D eigenvalue weighted by molar-refractivity contribution is 5.95. The Morgan fingerprint density at radius 1 is 0.811 bits per heavy atom. The summed E-state index contributed by atoms with van der Waals surface area (Å²) in [5, 5.41) is 43.1. The van der Waals surface area contributed by atoms with Crippen LogP contribution in [0.3, 0.4) is 0 Å². The number of hydrogen-bond donors (Lipinski definition) is 8. The number of amides is 3. The molecular formula is C23H32N4O10. The standard InChI is InChI=1S/C23H32N4O10/c1-11(2)19(27-20(33)14(24)9-12-3-5-13(28)6-4-12)22(35)25-15(7-8-17(29)30)21(34)26-16(23(36)37)10-18(31)32/h3-6,11,14-16,19,28H,7-10,24H2,1-2H3,(H,25,35)(H,26,34)(H,27,33)(H,29,30)(H,31,32)(H,36,37). The molecule has 14 heteroatoms. The Morgan fingerprint density at radius 2 is 1.38 bits per heavy atom. The maximum absolute atomic E-state index is 13.0. The van der Waals surface area contributed by atoms with Crippen LogP contribution in [0, 0.1) is 5.92 Å². The zero-order valence-corrected chi connectivity index (χ0v) is 20.3. The molecule has 0 aliphatic heterocycles. The molecule has 3 amide bonds. The molecule has 37 heavy (non-hydrogen) atoms. The number of phenols is 1. The Bertz CT molecular complexity index is 996. The maximum Gasteiger partial charge on any atom is 0.326 e. The number of carbonyl (C=O) groups is 6. The van der Waals surface area contributed by atoms with E-state index in [1.165, 1.54) is 12.1 Å². The average Bonchev–Trinajstić information content (AvgIpc) is 2.79. The SMILES string of the molecule is CC(C)C(NC(=O)C(N)Cc1ccc(O)cc1)C(=O)NC(CCC(=O)O)C(=O)NC(CC(=O)O)C(=O)O. The number of carboxylic acid groups (broad SMARTS) is 3. The number of carbonyl (C=O) groups excluding carboxylic acids is 3. The van der Waals surface area contributed by atoms with Crippen molar-refractivity contribution in [1.29, 1.82) is 0 Å². The Balaban J connectivity index is 2.96. The van der Waals surface area contributed by atoms with Crippen molar-refractivity contribution in [2.75, 3.05) is 0 Å². The van der Waals surface area contributed by atoms with Crippen molar-refractivity contribution in [1.82, 2.24) is 16.0 Å². The smallest absolute Gasteiger partial charge is 0.326 e. The second-order valence-electron chi connectivity index (χ2n) is 8.70. The van der Waals surface area contributed by atoms with Gasteiger partial charge in [-0.15, -0.1) is 0 Å². The third kappa shape index (κ3) is 10.9. The first kappa shape index (κ1) is 30.8. The fourth-order valence-corrected chi connectivity index (χ4v) is 3.22. The highest BCUT2D eigenvalue weighted by atomic mass is 16.4. The van der Waals surface area contributed by atoms with Gasteiger partial charge in [-0.05, 0) is 36.5 Å². The van der Waals surface area contributed by atoms with E-state index in [1.807, 2.05) is 5.32 Å². The lowest BCUT2D eigenvalue weighted by Gasteiger charge is -2.26. The van der Waals surface area contributed by atoms with Crippen LogP contribution < -0.4 is 21.7 Å². The van der Waals surface area contributed by atoms with E-state index in [-0.39, 0.29) is 12.2 Å². The minimum atomic E-state index is -1.81. The minimum absolute atomic E-state index is 0.0393. The van der Waals surface area contributed by atoms with E-state index in [0.29, 0.717) is 5.56 Å². The molecule has 0 aromatic heterocycles. The lowest BCUT2D eigenvalue weighted by atomic mass is 10.00. The van der Waals surface area contributed by atoms with Gasteiger partial charge in [0.15, 0.2) is 0 Å². The van der Waals surface area contributed by atoms with Crippen LogP contribution in [-0.4, -0.2) is 80.2 Å². The molecule has 0 bridgehead atoms. The zero-order chi connectivity index (χ0) is 28.3. The minimum Gasteiger partial charge on any atom is -0.508 e. The normalized spacial score (nSPS) is 14.1. The quantitative estimate of drug-likeness (QED) is 0.135. The maximum atomic E-state index is 13.0. The summed E-state index contributed by atoms with van der Waals surface area (Å²) in [6.07, 6.45) is -1.83. The third-order valence-electron chi connectivity index (χ3n) is 5.25. The highest BCUT2D eigenvalue weighted by Gasteiger charge is 2.32. The highest BCUT2D eigenvalue weighted by Crippen LogP contribution is 2.12. The van der Waals surface area contributed by atoms with Crippen LogP contribution in [0.15, 0.2) is 24.3 Å². The van der Waals surface area contributed by atoms with Crippen molar-refractivity contribution < 1.29 is 49.2 Å². The van der Waals surface area contributed by atoms with Crippen LogP contribution in [0.5, 0.6) is 5.75 Å². The van der Waals surface area contributed by atoms with E-state index in [4.69, 9.17) is 21.1 Å². The predicted octanol–water partition coefficient (Wildman–Crippen LogP) is -1.20. The van der Waals surface area contributed by atoms with Crippen molar-refractivity contribution in [3.8, 4) is 5.75 Å². The van der Waals surface area contributed by atoms with Gasteiger partial charge in [-0.25, -0.2) is 4.79 Å². The number of rotatable bonds is 15. The largest absolute Gasteiger partial charge is 0.508 e. The van der Waals surface area contributed by atoms with Crippen molar-refractivity contribution in [2.45, 2.75) is 63.7 Å². The van der Waals surface area contributed by atoms with Gasteiger partial charge >= 0.3 is 17.9 Å². The first-order chi connectivity index (χ1) is 17.2. The van der Waals surface area contributed by atoms with Crippen LogP contribution in [0.1, 0.15) is 38.7 Å². The van der Waals surface area contributed by atoms with Crippen molar-refractivity contribution in [3.05, 3.63) is 29.8 Å². The number of benzene rings is 1. The summed E-state index contributed by atoms with van der Waals surface area (Å²) < 4.78 is 0. The van der Waals surface area contributed by atoms with Crippen LogP contribution in [0.2, 0.25) is 0 Å². The van der Waals surface area contributed by atoms with Crippen molar-refractivity contribution in [3.63, 3.8) is 0 Å². The molecule has 0 fully saturated rings. The molecule has 0 saturated carbocycles. The molecule has 1 rings (SSSR count). The van der Waals surface area contributed by atoms with Gasteiger partial charge in [-0.1, -0.05) is 26.0 Å². The predicted molar refractivity (Wildman–Crippen MR) is 127 cm³/mol. The van der Waals surface area contributed by atoms with Gasteiger partial charge in [0.25, 0.3) is 0 Å². The number of aromatic hydroxyl groups is 1. The summed E-state index contributed by atoms with van der Waals surface area (Å²) in [5.74, 6) is -7.50. The van der Waals surface area contributed by atoms with Crippen LogP contribution in [-0.2, 0) is 35.2 Å². The lowest BCUT2D eigenvalue weighted by Crippen LogP contribution is -2.58. The number of nitrogens with one attached hydrogen (secondary N) is 3. The Hall–Kier alpha value is -4.20. The van der Waals surface area contributed by atoms with E-state index in [1.54, 1.807) is 26.0 Å². The Kier molecular flexibility index (Phi) is 12.0. The Labute approximate surface area is 212 Å². The molecule has 204 valence electrons. The molecule has 0 radical (unpaired) electrons. The molecule has 4 unspecified atom stereocenters. The van der Waals surface area contributed by atoms with Crippen molar-refractivity contribution >= 4 is 35.6 Å². The molecule has 0 aliphatic rings. The number of carboxylic acids is 3. The molecule has 4 atom stereocenters. The first-order valence-corrected chi connectivity index (χ1v) is 11.3. The topological polar surface area (TPSA) is 245 Å². The fourth-order valence-electron chi connectivity index (χ4n) is 3.22. The number of nitrogens with two attached hydrogens (primary N) is 1. The summed E-state index contributed by atoms with van der Waals surface area (Å²) in [4.78, 5) is 71.4. The van der Waals surface area contributed by atoms with Gasteiger partial charge in [0.2, 0.25) is 17.7 Å². The van der Waals surface area contributed by atoms with Crippen LogP contribution in [0.25, 0.3) is 0 Å². The lowest BCUT2D eigenvalue weighted by molar-refractivity contribution is -0.147. The van der Waals surface area contributed by atoms with Gasteiger partial charge in [-0.2, -0.15) is 0 Å². The van der Waals surface area contributed by atoms with Crippen LogP contribution >= 0.6 is 0 Å². The average molecular weight is 525 g/mol. The van der Waals surface area contributed by atoms with Gasteiger partial charge in [0.05, 0.1) is 12.5 Å². The molecule has 0 heterocycles. The summed E-state index contributed by atoms with van der Waals surface area (Å²) in [7, 11) is 0. The van der Waals surface area contributed by atoms with E-state index in [9.17, 15) is 33.9 Å². The second-order valence-corrected chi connectivity index (χ2v) is 8.70. The molecule has 14 nitrogen and oxygen atoms in total. The van der Waals surface area contributed by atoms with Gasteiger partial charge in [0, 0.05) is 6.42 Å². The van der Waals surface area contributed by atoms with Gasteiger partial charge in [-0.3, -0.25) is 24.0 Å². The molecular weight excluding hydrogens is 492 g/mol. The molecule has 1 aromatic carbocycles. The molecule has 1 aromatic rings. The number of hydrogen-bond acceptors (Lipinski definition) is 8. The first-order valence-electron chi connectivity index (χ1n) is 11.3. The number of phenolic OH excluding ortho intramolecular Hbond substituents is 1. The molecule has 0 spiro atoms. The summed E-state index contributed by atoms with van der Waals surface area (Å²) >= 11 is 0. The van der Waals surface area contributed by atoms with E-state index in [2.05, 4.69) is 10.6 Å². The van der Waals surface area contributed by atoms with Gasteiger partial charge in [0.1, 0.15) is 23.9 Å². The van der Waals surface area contributed by atoms with E-state index in [0.717, 1.165) is 0 Å². The third-order valence-corrected chi connectivity index (χ3v) is 5.25. The fraction of sp³-hybridized carbons (Fsp3) is 0.478. The second kappa shape index (κ2) is 14.4. The zero-order valence-electron chi connectivity index (χ0n) is 20.3. The summed E-state index contributed by atoms with van der Waals surface area (Å²) in [5.41, 5.74) is 6.61. The molecule has 0 saturated heterocycles. The number of aliphatic carboxylic acids is 3. The monoisotopic (exact) mass is 524 g/mol. The molecule has 9 N–H and O–H groups in total. The summed E-state index contributed by atoms with van der Waals surface area (Å²) in [6.45, 7) is 3.21. The summed E-state index contributed by atoms with van der Waals surface area (Å²) in [6, 6.07) is 0.432. The molecule has 0 aliphatic carbocycles. The van der Waals surface area contributed by atoms with Crippen molar-refractivity contribution in [2.24, 2.45) is 11.7 Å². The van der Waals surface area contributed by atoms with Gasteiger partial charge < -0.3 is 42.1 Å². The Morgan fingerprint density at radius 3 is 1.86 bits per heavy atom. The van der Waals surface area contributed by atoms with E-state index < -0.39 is 85.0 Å². The van der Waals surface area contributed by atoms with Crippen LogP contribution in [0.4, 0.5) is 0 Å².